The maximum absolute atomic E-state index is 11.6. The van der Waals surface area contributed by atoms with E-state index in [0.717, 1.165) is 6.26 Å². The van der Waals surface area contributed by atoms with Gasteiger partial charge in [-0.25, -0.2) is 4.57 Å². The Morgan fingerprint density at radius 1 is 1.88 bits per heavy atom. The minimum absolute atomic E-state index is 0.938. The van der Waals surface area contributed by atoms with Crippen LogP contribution in [0, 0.1) is 0 Å². The van der Waals surface area contributed by atoms with Gasteiger partial charge >= 0.3 is 7.03 Å². The zero-order valence-electron chi connectivity index (χ0n) is 4.17. The summed E-state index contributed by atoms with van der Waals surface area (Å²) >= 11 is 4.53. The van der Waals surface area contributed by atoms with Crippen molar-refractivity contribution >= 4 is 18.3 Å². The molecule has 0 N–H and O–H groups in total. The normalized spacial score (nSPS) is 18.4. The molecule has 5 heteroatoms. The molecule has 0 aliphatic heterocycles. The van der Waals surface area contributed by atoms with Crippen LogP contribution in [0.3, 0.4) is 0 Å². The third-order valence-corrected chi connectivity index (χ3v) is 0.926. The third kappa shape index (κ3) is 5.99. The molecule has 2 nitrogen and oxygen atoms in total. The SMILES string of the molecule is C/C=C\OP(=O)(F)Cl. The summed E-state index contributed by atoms with van der Waals surface area (Å²) in [5.74, 6) is 0. The average Bonchev–Trinajstić information content (AvgIpc) is 1.59. The van der Waals surface area contributed by atoms with Gasteiger partial charge in [-0.3, -0.25) is 0 Å². The molecule has 48 valence electrons. The first-order valence-corrected chi connectivity index (χ1v) is 4.27. The van der Waals surface area contributed by atoms with Gasteiger partial charge in [-0.15, -0.1) is 4.20 Å². The molecule has 0 aromatic carbocycles. The first-order chi connectivity index (χ1) is 3.56. The second-order valence-corrected chi connectivity index (χ2v) is 3.24. The zero-order valence-corrected chi connectivity index (χ0v) is 5.82. The predicted octanol–water partition coefficient (Wildman–Crippen LogP) is 2.85. The van der Waals surface area contributed by atoms with Crippen molar-refractivity contribution in [3.8, 4) is 0 Å². The first kappa shape index (κ1) is 7.99. The molecule has 0 saturated carbocycles. The minimum Gasteiger partial charge on any atom is -0.419 e. The summed E-state index contributed by atoms with van der Waals surface area (Å²) in [5, 5.41) is 0. The van der Waals surface area contributed by atoms with Crippen LogP contribution in [0.15, 0.2) is 12.3 Å². The Hall–Kier alpha value is -0.0100. The summed E-state index contributed by atoms with van der Waals surface area (Å²) in [6.45, 7) is 1.59. The van der Waals surface area contributed by atoms with Crippen LogP contribution in [-0.4, -0.2) is 0 Å². The minimum atomic E-state index is -4.30. The summed E-state index contributed by atoms with van der Waals surface area (Å²) in [4.78, 5) is 0. The molecular formula is C3H5ClFO2P. The monoisotopic (exact) mass is 158 g/mol. The van der Waals surface area contributed by atoms with Crippen molar-refractivity contribution in [3.63, 3.8) is 0 Å². The van der Waals surface area contributed by atoms with E-state index in [2.05, 4.69) is 15.8 Å². The van der Waals surface area contributed by atoms with Gasteiger partial charge in [-0.1, -0.05) is 6.08 Å². The molecule has 0 bridgehead atoms. The van der Waals surface area contributed by atoms with Gasteiger partial charge in [0.05, 0.1) is 6.26 Å². The largest absolute Gasteiger partial charge is 0.513 e. The summed E-state index contributed by atoms with van der Waals surface area (Å²) < 4.78 is 25.3. The number of allylic oxidation sites excluding steroid dienone is 1. The molecule has 0 radical (unpaired) electrons. The molecule has 0 aliphatic carbocycles. The highest BCUT2D eigenvalue weighted by Crippen LogP contribution is 2.54. The van der Waals surface area contributed by atoms with Gasteiger partial charge in [0.25, 0.3) is 0 Å². The van der Waals surface area contributed by atoms with E-state index in [0.29, 0.717) is 0 Å². The van der Waals surface area contributed by atoms with Crippen LogP contribution in [0.5, 0.6) is 0 Å². The standard InChI is InChI=1S/C3H5ClFO2P/c1-2-3-7-8(4,5)6/h2-3H,1H3/b3-2-. The van der Waals surface area contributed by atoms with Crippen LogP contribution < -0.4 is 0 Å². The molecule has 0 rings (SSSR count). The lowest BCUT2D eigenvalue weighted by Gasteiger charge is -1.94. The molecule has 0 aliphatic rings. The van der Waals surface area contributed by atoms with Gasteiger partial charge in [0, 0.05) is 11.2 Å². The molecule has 0 fully saturated rings. The number of halogens is 2. The molecule has 0 saturated heterocycles. The second-order valence-electron chi connectivity index (χ2n) is 0.989. The number of hydrogen-bond acceptors (Lipinski definition) is 2. The Kier molecular flexibility index (Phi) is 3.10. The highest BCUT2D eigenvalue weighted by atomic mass is 35.7. The first-order valence-electron chi connectivity index (χ1n) is 1.85. The third-order valence-electron chi connectivity index (χ3n) is 0.320. The van der Waals surface area contributed by atoms with E-state index < -0.39 is 7.03 Å². The van der Waals surface area contributed by atoms with Crippen molar-refractivity contribution in [2.24, 2.45) is 0 Å². The molecule has 0 aromatic heterocycles. The fraction of sp³-hybridized carbons (Fsp3) is 0.333. The van der Waals surface area contributed by atoms with Crippen molar-refractivity contribution < 1.29 is 13.3 Å². The van der Waals surface area contributed by atoms with Crippen LogP contribution in [0.25, 0.3) is 0 Å². The molecule has 1 atom stereocenters. The van der Waals surface area contributed by atoms with E-state index in [-0.39, 0.29) is 0 Å². The van der Waals surface area contributed by atoms with E-state index in [1.807, 2.05) is 0 Å². The summed E-state index contributed by atoms with van der Waals surface area (Å²) in [6.07, 6.45) is 2.32. The Balaban J connectivity index is 3.57. The second kappa shape index (κ2) is 3.10. The van der Waals surface area contributed by atoms with E-state index in [1.54, 1.807) is 6.92 Å². The smallest absolute Gasteiger partial charge is 0.419 e. The van der Waals surface area contributed by atoms with Crippen LogP contribution in [-0.2, 0) is 9.09 Å². The number of rotatable bonds is 2. The fourth-order valence-electron chi connectivity index (χ4n) is 0.132. The molecule has 1 unspecified atom stereocenters. The van der Waals surface area contributed by atoms with Gasteiger partial charge in [0.15, 0.2) is 0 Å². The Labute approximate surface area is 51.7 Å². The van der Waals surface area contributed by atoms with E-state index in [9.17, 15) is 8.76 Å². The Bertz CT molecular complexity index is 129. The molecular weight excluding hydrogens is 153 g/mol. The van der Waals surface area contributed by atoms with Gasteiger partial charge in [0.2, 0.25) is 0 Å². The van der Waals surface area contributed by atoms with E-state index in [4.69, 9.17) is 0 Å². The van der Waals surface area contributed by atoms with Crippen molar-refractivity contribution in [1.29, 1.82) is 0 Å². The summed E-state index contributed by atoms with van der Waals surface area (Å²) in [5.41, 5.74) is 0. The van der Waals surface area contributed by atoms with Crippen molar-refractivity contribution in [3.05, 3.63) is 12.3 Å². The topological polar surface area (TPSA) is 26.3 Å². The fourth-order valence-corrected chi connectivity index (χ4v) is 0.533. The molecule has 0 heterocycles. The predicted molar refractivity (Wildman–Crippen MR) is 30.5 cm³/mol. The average molecular weight is 158 g/mol. The van der Waals surface area contributed by atoms with Crippen LogP contribution >= 0.6 is 18.3 Å². The van der Waals surface area contributed by atoms with Crippen molar-refractivity contribution in [1.82, 2.24) is 0 Å². The van der Waals surface area contributed by atoms with Crippen LogP contribution in [0.4, 0.5) is 4.20 Å². The molecule has 0 spiro atoms. The lowest BCUT2D eigenvalue weighted by atomic mass is 10.8. The molecule has 0 aromatic rings. The van der Waals surface area contributed by atoms with E-state index in [1.165, 1.54) is 6.08 Å². The van der Waals surface area contributed by atoms with Gasteiger partial charge < -0.3 is 4.52 Å². The summed E-state index contributed by atoms with van der Waals surface area (Å²) in [6, 6.07) is 0. The van der Waals surface area contributed by atoms with Crippen molar-refractivity contribution in [2.75, 3.05) is 0 Å². The van der Waals surface area contributed by atoms with E-state index >= 15 is 0 Å². The van der Waals surface area contributed by atoms with Gasteiger partial charge in [-0.05, 0) is 6.92 Å². The van der Waals surface area contributed by atoms with Crippen LogP contribution in [0.2, 0.25) is 0 Å². The Morgan fingerprint density at radius 2 is 2.38 bits per heavy atom. The Morgan fingerprint density at radius 3 is 2.50 bits per heavy atom. The highest BCUT2D eigenvalue weighted by Gasteiger charge is 2.14. The van der Waals surface area contributed by atoms with Crippen molar-refractivity contribution in [2.45, 2.75) is 6.92 Å². The maximum Gasteiger partial charge on any atom is 0.513 e. The lowest BCUT2D eigenvalue weighted by molar-refractivity contribution is 0.415. The zero-order chi connectivity index (χ0) is 6.62. The molecule has 8 heavy (non-hydrogen) atoms. The number of hydrogen-bond donors (Lipinski definition) is 0. The van der Waals surface area contributed by atoms with Crippen LogP contribution in [0.1, 0.15) is 6.92 Å². The van der Waals surface area contributed by atoms with Gasteiger partial charge in [0.1, 0.15) is 0 Å². The molecule has 0 amide bonds. The highest BCUT2D eigenvalue weighted by molar-refractivity contribution is 7.81. The lowest BCUT2D eigenvalue weighted by Crippen LogP contribution is -1.62. The quantitative estimate of drug-likeness (QED) is 0.456. The summed E-state index contributed by atoms with van der Waals surface area (Å²) in [7, 11) is -4.30. The van der Waals surface area contributed by atoms with Gasteiger partial charge in [-0.2, -0.15) is 0 Å². The maximum atomic E-state index is 11.6.